The molecule has 0 unspecified atom stereocenters. The Morgan fingerprint density at radius 1 is 0.789 bits per heavy atom. The van der Waals surface area contributed by atoms with Gasteiger partial charge in [0.05, 0.1) is 0 Å². The van der Waals surface area contributed by atoms with E-state index in [1.165, 1.54) is 11.6 Å². The zero-order valence-corrected chi connectivity index (χ0v) is 13.4. The maximum absolute atomic E-state index is 2.25. The van der Waals surface area contributed by atoms with E-state index in [0.717, 1.165) is 0 Å². The zero-order chi connectivity index (χ0) is 12.5. The smallest absolute Gasteiger partial charge is 0.0477 e. The van der Waals surface area contributed by atoms with Crippen LogP contribution in [-0.4, -0.2) is 9.52 Å². The molecular weight excluding hydrogens is 288 g/mol. The van der Waals surface area contributed by atoms with E-state index in [9.17, 15) is 0 Å². The van der Waals surface area contributed by atoms with Gasteiger partial charge in [0.15, 0.2) is 0 Å². The average Bonchev–Trinajstić information content (AvgIpc) is 3.13. The van der Waals surface area contributed by atoms with Crippen molar-refractivity contribution in [2.24, 2.45) is 0 Å². The maximum Gasteiger partial charge on any atom is 0.0477 e. The Kier molecular flexibility index (Phi) is 7.91. The van der Waals surface area contributed by atoms with Gasteiger partial charge in [-0.3, -0.25) is 0 Å². The van der Waals surface area contributed by atoms with Crippen LogP contribution in [0.1, 0.15) is 5.56 Å². The average molecular weight is 306 g/mol. The van der Waals surface area contributed by atoms with E-state index in [2.05, 4.69) is 54.6 Å². The van der Waals surface area contributed by atoms with Gasteiger partial charge in [0, 0.05) is 26.6 Å². The van der Waals surface area contributed by atoms with Crippen LogP contribution < -0.4 is 5.19 Å². The largest absolute Gasteiger partial charge is 0.748 e. The molecule has 3 aromatic carbocycles. The summed E-state index contributed by atoms with van der Waals surface area (Å²) in [6.45, 7) is 0. The molecule has 0 aliphatic rings. The van der Waals surface area contributed by atoms with E-state index in [-0.39, 0.29) is 26.6 Å². The van der Waals surface area contributed by atoms with Crippen molar-refractivity contribution in [1.82, 2.24) is 0 Å². The molecule has 0 nitrogen and oxygen atoms in total. The standard InChI is InChI=1S/C12H13Si.C5H5.Fe/c1-2-8-12(9-3-1)13-10-11-6-4-5-7-11;1-2-4-5-3-1;/h1-9H,10,13H2;1-5H;/q-1;-5;. The van der Waals surface area contributed by atoms with Crippen LogP contribution in [0.5, 0.6) is 0 Å². The van der Waals surface area contributed by atoms with Gasteiger partial charge in [-0.05, 0) is 0 Å². The molecule has 3 rings (SSSR count). The van der Waals surface area contributed by atoms with Crippen LogP contribution in [0, 0.1) is 0 Å². The Balaban J connectivity index is 0.000000256. The van der Waals surface area contributed by atoms with Crippen LogP contribution in [0.3, 0.4) is 0 Å². The summed E-state index contributed by atoms with van der Waals surface area (Å²) in [4.78, 5) is 0. The summed E-state index contributed by atoms with van der Waals surface area (Å²) < 4.78 is 0. The molecular formula is C17H18FeSi-6. The van der Waals surface area contributed by atoms with Crippen molar-refractivity contribution in [3.8, 4) is 0 Å². The van der Waals surface area contributed by atoms with Crippen LogP contribution in [-0.2, 0) is 23.1 Å². The van der Waals surface area contributed by atoms with E-state index in [4.69, 9.17) is 0 Å². The second kappa shape index (κ2) is 9.57. The van der Waals surface area contributed by atoms with Gasteiger partial charge in [-0.25, -0.2) is 12.1 Å². The van der Waals surface area contributed by atoms with Gasteiger partial charge in [0.1, 0.15) is 0 Å². The van der Waals surface area contributed by atoms with Crippen molar-refractivity contribution < 1.29 is 17.1 Å². The Morgan fingerprint density at radius 2 is 1.32 bits per heavy atom. The molecule has 0 amide bonds. The third-order valence-electron chi connectivity index (χ3n) is 2.83. The first kappa shape index (κ1) is 15.7. The molecule has 0 saturated carbocycles. The summed E-state index contributed by atoms with van der Waals surface area (Å²) in [7, 11) is -0.0804. The molecule has 0 aliphatic heterocycles. The third kappa shape index (κ3) is 6.39. The molecule has 3 aromatic rings. The van der Waals surface area contributed by atoms with Crippen LogP contribution in [0.4, 0.5) is 0 Å². The molecule has 0 bridgehead atoms. The first-order valence-electron chi connectivity index (χ1n) is 6.36. The third-order valence-corrected chi connectivity index (χ3v) is 4.71. The zero-order valence-electron chi connectivity index (χ0n) is 10.9. The van der Waals surface area contributed by atoms with Gasteiger partial charge in [-0.1, -0.05) is 41.6 Å². The minimum atomic E-state index is -0.0804. The van der Waals surface area contributed by atoms with Crippen LogP contribution in [0.15, 0.2) is 84.9 Å². The van der Waals surface area contributed by atoms with Gasteiger partial charge in [0.2, 0.25) is 0 Å². The molecule has 0 heterocycles. The van der Waals surface area contributed by atoms with E-state index >= 15 is 0 Å². The second-order valence-corrected chi connectivity index (χ2v) is 6.06. The number of hydrogen-bond donors (Lipinski definition) is 0. The predicted molar refractivity (Wildman–Crippen MR) is 82.4 cm³/mol. The molecule has 0 atom stereocenters. The Hall–Kier alpha value is -1.34. The van der Waals surface area contributed by atoms with Gasteiger partial charge in [-0.2, -0.15) is 17.7 Å². The fraction of sp³-hybridized carbons (Fsp3) is 0.0588. The molecule has 2 heteroatoms. The molecule has 19 heavy (non-hydrogen) atoms. The van der Waals surface area contributed by atoms with Crippen molar-refractivity contribution in [1.29, 1.82) is 0 Å². The van der Waals surface area contributed by atoms with E-state index < -0.39 is 0 Å². The Bertz CT molecular complexity index is 480. The molecule has 0 aliphatic carbocycles. The maximum atomic E-state index is 2.25. The van der Waals surface area contributed by atoms with Crippen molar-refractivity contribution in [3.05, 3.63) is 90.5 Å². The summed E-state index contributed by atoms with van der Waals surface area (Å²) in [5.41, 5.74) is 1.50. The quantitative estimate of drug-likeness (QED) is 0.516. The fourth-order valence-electron chi connectivity index (χ4n) is 1.83. The first-order chi connectivity index (χ1) is 8.95. The van der Waals surface area contributed by atoms with Crippen molar-refractivity contribution >= 4 is 14.7 Å². The first-order valence-corrected chi connectivity index (χ1v) is 8.07. The van der Waals surface area contributed by atoms with Crippen LogP contribution in [0.2, 0.25) is 0 Å². The fourth-order valence-corrected chi connectivity index (χ4v) is 3.35. The van der Waals surface area contributed by atoms with E-state index in [1.54, 1.807) is 5.19 Å². The summed E-state index contributed by atoms with van der Waals surface area (Å²) in [5, 5.41) is 1.56. The van der Waals surface area contributed by atoms with Gasteiger partial charge >= 0.3 is 0 Å². The normalized spacial score (nSPS) is 9.68. The summed E-state index contributed by atoms with van der Waals surface area (Å²) >= 11 is 0. The minimum Gasteiger partial charge on any atom is -0.748 e. The number of hydrogen-bond acceptors (Lipinski definition) is 0. The predicted octanol–water partition coefficient (Wildman–Crippen LogP) is 2.80. The topological polar surface area (TPSA) is 0 Å². The van der Waals surface area contributed by atoms with Crippen LogP contribution >= 0.6 is 0 Å². The van der Waals surface area contributed by atoms with Crippen molar-refractivity contribution in [2.45, 2.75) is 6.04 Å². The van der Waals surface area contributed by atoms with E-state index in [0.29, 0.717) is 0 Å². The van der Waals surface area contributed by atoms with Gasteiger partial charge in [0.25, 0.3) is 0 Å². The summed E-state index contributed by atoms with van der Waals surface area (Å²) in [6, 6.07) is 30.8. The monoisotopic (exact) mass is 306 g/mol. The molecule has 0 fully saturated rings. The number of rotatable bonds is 3. The molecule has 0 saturated heterocycles. The van der Waals surface area contributed by atoms with Crippen LogP contribution in [0.25, 0.3) is 0 Å². The molecule has 0 aromatic heterocycles. The molecule has 0 spiro atoms. The second-order valence-electron chi connectivity index (χ2n) is 4.24. The van der Waals surface area contributed by atoms with Gasteiger partial charge < -0.3 is 30.3 Å². The summed E-state index contributed by atoms with van der Waals surface area (Å²) in [5.74, 6) is 0. The number of benzene rings is 1. The van der Waals surface area contributed by atoms with Gasteiger partial charge in [-0.15, -0.1) is 0 Å². The van der Waals surface area contributed by atoms with Crippen molar-refractivity contribution in [2.75, 3.05) is 0 Å². The Labute approximate surface area is 128 Å². The SMILES string of the molecule is [Fe].[cH-]1[cH-][cH-][cH-][cH-]1.c1ccc([SiH2]C[c-]2cccc2)cc1. The minimum absolute atomic E-state index is 0. The molecule has 104 valence electrons. The van der Waals surface area contributed by atoms with E-state index in [1.807, 2.05) is 30.3 Å². The summed E-state index contributed by atoms with van der Waals surface area (Å²) in [6.07, 6.45) is 0. The van der Waals surface area contributed by atoms with Crippen molar-refractivity contribution in [3.63, 3.8) is 0 Å². The molecule has 0 N–H and O–H groups in total. The molecule has 0 radical (unpaired) electrons. The Morgan fingerprint density at radius 3 is 1.84 bits per heavy atom.